The summed E-state index contributed by atoms with van der Waals surface area (Å²) in [5, 5.41) is 0. The molecule has 0 fully saturated rings. The Balaban J connectivity index is 2.54. The minimum atomic E-state index is -0.650. The molecule has 4 heteroatoms. The number of ether oxygens (including phenoxy) is 1. The third-order valence-electron chi connectivity index (χ3n) is 1.71. The van der Waals surface area contributed by atoms with E-state index in [9.17, 15) is 14.4 Å². The maximum atomic E-state index is 11.4. The van der Waals surface area contributed by atoms with Gasteiger partial charge in [0.1, 0.15) is 19.5 Å². The fourth-order valence-corrected chi connectivity index (χ4v) is 1.02. The van der Waals surface area contributed by atoms with Crippen molar-refractivity contribution in [2.75, 3.05) is 13.2 Å². The van der Waals surface area contributed by atoms with Gasteiger partial charge in [0.15, 0.2) is 0 Å². The first-order chi connectivity index (χ1) is 7.25. The number of ketones is 2. The van der Waals surface area contributed by atoms with Crippen LogP contribution in [-0.4, -0.2) is 31.1 Å². The summed E-state index contributed by atoms with van der Waals surface area (Å²) in [7, 11) is 0. The summed E-state index contributed by atoms with van der Waals surface area (Å²) in [4.78, 5) is 32.6. The predicted octanol–water partition coefficient (Wildman–Crippen LogP) is 0.654. The van der Waals surface area contributed by atoms with E-state index < -0.39 is 11.6 Å². The van der Waals surface area contributed by atoms with Crippen LogP contribution in [0.3, 0.4) is 0 Å². The summed E-state index contributed by atoms with van der Waals surface area (Å²) in [6.45, 7) is -0.528. The van der Waals surface area contributed by atoms with Crippen molar-refractivity contribution in [2.45, 2.75) is 0 Å². The normalized spacial score (nSPS) is 9.60. The standard InChI is InChI=1S/C11H10O4/c12-6-7-15-8-10(13)11(14)9-4-2-1-3-5-9/h1-6H,7-8H2. The highest BCUT2D eigenvalue weighted by molar-refractivity contribution is 6.44. The van der Waals surface area contributed by atoms with Crippen molar-refractivity contribution in [1.82, 2.24) is 0 Å². The van der Waals surface area contributed by atoms with E-state index in [1.54, 1.807) is 30.3 Å². The van der Waals surface area contributed by atoms with Crippen molar-refractivity contribution >= 4 is 17.9 Å². The molecular weight excluding hydrogens is 196 g/mol. The van der Waals surface area contributed by atoms with E-state index in [2.05, 4.69) is 4.74 Å². The summed E-state index contributed by atoms with van der Waals surface area (Å²) >= 11 is 0. The van der Waals surface area contributed by atoms with Gasteiger partial charge in [0, 0.05) is 5.56 Å². The minimum Gasteiger partial charge on any atom is -0.366 e. The molecule has 0 N–H and O–H groups in total. The average molecular weight is 206 g/mol. The fraction of sp³-hybridized carbons (Fsp3) is 0.182. The van der Waals surface area contributed by atoms with Crippen molar-refractivity contribution < 1.29 is 19.1 Å². The highest BCUT2D eigenvalue weighted by atomic mass is 16.5. The molecule has 0 saturated carbocycles. The molecule has 1 rings (SSSR count). The minimum absolute atomic E-state index is 0.173. The number of benzene rings is 1. The SMILES string of the molecule is O=CCOCC(=O)C(=O)c1ccccc1. The smallest absolute Gasteiger partial charge is 0.231 e. The molecule has 0 radical (unpaired) electrons. The molecule has 0 saturated heterocycles. The summed E-state index contributed by atoms with van der Waals surface area (Å²) in [5.74, 6) is -1.25. The zero-order valence-corrected chi connectivity index (χ0v) is 8.01. The third-order valence-corrected chi connectivity index (χ3v) is 1.71. The van der Waals surface area contributed by atoms with Crippen LogP contribution in [0.2, 0.25) is 0 Å². The lowest BCUT2D eigenvalue weighted by molar-refractivity contribution is -0.121. The number of hydrogen-bond donors (Lipinski definition) is 0. The number of Topliss-reactive ketones (excluding diaryl/α,β-unsaturated/α-hetero) is 2. The molecule has 1 aromatic carbocycles. The lowest BCUT2D eigenvalue weighted by Crippen LogP contribution is -2.20. The van der Waals surface area contributed by atoms with Gasteiger partial charge in [-0.2, -0.15) is 0 Å². The van der Waals surface area contributed by atoms with E-state index in [4.69, 9.17) is 0 Å². The Hall–Kier alpha value is -1.81. The molecule has 1 aromatic rings. The van der Waals surface area contributed by atoms with Gasteiger partial charge >= 0.3 is 0 Å². The molecule has 0 aliphatic carbocycles. The highest BCUT2D eigenvalue weighted by Crippen LogP contribution is 2.00. The first-order valence-electron chi connectivity index (χ1n) is 4.39. The largest absolute Gasteiger partial charge is 0.366 e. The molecular formula is C11H10O4. The lowest BCUT2D eigenvalue weighted by atomic mass is 10.1. The first-order valence-corrected chi connectivity index (χ1v) is 4.39. The Kier molecular flexibility index (Phi) is 4.37. The van der Waals surface area contributed by atoms with Crippen LogP contribution < -0.4 is 0 Å². The number of rotatable bonds is 6. The number of carbonyl (C=O) groups is 3. The molecule has 0 aromatic heterocycles. The average Bonchev–Trinajstić information content (AvgIpc) is 2.29. The molecule has 78 valence electrons. The second kappa shape index (κ2) is 5.82. The lowest BCUT2D eigenvalue weighted by Gasteiger charge is -1.99. The van der Waals surface area contributed by atoms with Crippen LogP contribution in [0.25, 0.3) is 0 Å². The van der Waals surface area contributed by atoms with E-state index in [0.717, 1.165) is 0 Å². The molecule has 0 heterocycles. The Morgan fingerprint density at radius 3 is 2.47 bits per heavy atom. The molecule has 4 nitrogen and oxygen atoms in total. The molecule has 0 amide bonds. The Labute approximate surface area is 86.9 Å². The first kappa shape index (κ1) is 11.3. The van der Waals surface area contributed by atoms with Crippen LogP contribution >= 0.6 is 0 Å². The van der Waals surface area contributed by atoms with Gasteiger partial charge in [-0.05, 0) is 0 Å². The van der Waals surface area contributed by atoms with E-state index in [1.807, 2.05) is 0 Å². The van der Waals surface area contributed by atoms with Crippen molar-refractivity contribution in [1.29, 1.82) is 0 Å². The van der Waals surface area contributed by atoms with Crippen molar-refractivity contribution in [3.05, 3.63) is 35.9 Å². The van der Waals surface area contributed by atoms with E-state index in [0.29, 0.717) is 11.8 Å². The molecule has 0 unspecified atom stereocenters. The Morgan fingerprint density at radius 2 is 1.87 bits per heavy atom. The van der Waals surface area contributed by atoms with E-state index in [1.165, 1.54) is 0 Å². The fourth-order valence-electron chi connectivity index (χ4n) is 1.02. The van der Waals surface area contributed by atoms with Gasteiger partial charge in [0.25, 0.3) is 0 Å². The van der Waals surface area contributed by atoms with Crippen LogP contribution in [0.5, 0.6) is 0 Å². The zero-order valence-electron chi connectivity index (χ0n) is 8.01. The second-order valence-corrected chi connectivity index (χ2v) is 2.80. The highest BCUT2D eigenvalue weighted by Gasteiger charge is 2.15. The van der Waals surface area contributed by atoms with Crippen molar-refractivity contribution in [3.63, 3.8) is 0 Å². The summed E-state index contributed by atoms with van der Waals surface area (Å²) < 4.78 is 4.65. The molecule has 0 aliphatic heterocycles. The van der Waals surface area contributed by atoms with E-state index >= 15 is 0 Å². The Bertz CT molecular complexity index is 356. The maximum absolute atomic E-state index is 11.4. The van der Waals surface area contributed by atoms with Crippen LogP contribution in [-0.2, 0) is 14.3 Å². The molecule has 0 atom stereocenters. The number of carbonyl (C=O) groups excluding carboxylic acids is 3. The van der Waals surface area contributed by atoms with E-state index in [-0.39, 0.29) is 13.2 Å². The molecule has 0 spiro atoms. The summed E-state index contributed by atoms with van der Waals surface area (Å²) in [6.07, 6.45) is 0.528. The molecule has 15 heavy (non-hydrogen) atoms. The third kappa shape index (κ3) is 3.44. The predicted molar refractivity (Wildman–Crippen MR) is 52.7 cm³/mol. The number of hydrogen-bond acceptors (Lipinski definition) is 4. The van der Waals surface area contributed by atoms with Gasteiger partial charge in [-0.1, -0.05) is 30.3 Å². The summed E-state index contributed by atoms with van der Waals surface area (Å²) in [5.41, 5.74) is 0.331. The monoisotopic (exact) mass is 206 g/mol. The van der Waals surface area contributed by atoms with Gasteiger partial charge in [0.05, 0.1) is 0 Å². The zero-order chi connectivity index (χ0) is 11.1. The quantitative estimate of drug-likeness (QED) is 0.297. The van der Waals surface area contributed by atoms with Crippen LogP contribution in [0.1, 0.15) is 10.4 Å². The van der Waals surface area contributed by atoms with Gasteiger partial charge in [-0.3, -0.25) is 9.59 Å². The van der Waals surface area contributed by atoms with Gasteiger partial charge < -0.3 is 9.53 Å². The second-order valence-electron chi connectivity index (χ2n) is 2.80. The van der Waals surface area contributed by atoms with Crippen LogP contribution in [0.15, 0.2) is 30.3 Å². The van der Waals surface area contributed by atoms with Gasteiger partial charge in [0.2, 0.25) is 11.6 Å². The topological polar surface area (TPSA) is 60.4 Å². The molecule has 0 aliphatic rings. The van der Waals surface area contributed by atoms with Crippen LogP contribution in [0, 0.1) is 0 Å². The van der Waals surface area contributed by atoms with Gasteiger partial charge in [-0.25, -0.2) is 0 Å². The van der Waals surface area contributed by atoms with Crippen molar-refractivity contribution in [3.8, 4) is 0 Å². The summed E-state index contributed by atoms with van der Waals surface area (Å²) in [6, 6.07) is 8.21. The van der Waals surface area contributed by atoms with Crippen LogP contribution in [0.4, 0.5) is 0 Å². The van der Waals surface area contributed by atoms with Gasteiger partial charge in [-0.15, -0.1) is 0 Å². The maximum Gasteiger partial charge on any atom is 0.231 e. The molecule has 0 bridgehead atoms. The number of aldehydes is 1. The Morgan fingerprint density at radius 1 is 1.20 bits per heavy atom. The van der Waals surface area contributed by atoms with Crippen molar-refractivity contribution in [2.24, 2.45) is 0 Å².